The Labute approximate surface area is 252 Å². The van der Waals surface area contributed by atoms with Crippen LogP contribution in [-0.2, 0) is 19.1 Å². The number of nitrogens with zero attached hydrogens (tertiary/aromatic N) is 3. The van der Waals surface area contributed by atoms with E-state index in [4.69, 9.17) is 24.5 Å². The molecule has 0 aliphatic carbocycles. The molecule has 5 heterocycles. The number of allylic oxidation sites excluding steroid dienone is 11. The highest BCUT2D eigenvalue weighted by Crippen LogP contribution is 2.42. The number of aliphatic hydroxyl groups is 1. The number of carbonyl (C=O) groups excluding carboxylic acids is 2. The quantitative estimate of drug-likeness (QED) is 0.164. The Hall–Kier alpha value is -4.53. The first-order chi connectivity index (χ1) is 20.6. The predicted octanol–water partition coefficient (Wildman–Crippen LogP) is 6.03. The predicted molar refractivity (Wildman–Crippen MR) is 167 cm³/mol. The van der Waals surface area contributed by atoms with E-state index in [1.807, 2.05) is 45.9 Å². The lowest BCUT2D eigenvalue weighted by Crippen LogP contribution is -2.19. The van der Waals surface area contributed by atoms with Crippen molar-refractivity contribution in [1.82, 2.24) is 5.32 Å². The molecule has 2 N–H and O–H groups in total. The number of hydrogen-bond donors (Lipinski definition) is 2. The second-order valence-corrected chi connectivity index (χ2v) is 11.3. The number of hydrogen-bond acceptors (Lipinski definition) is 9. The zero-order chi connectivity index (χ0) is 31.0. The maximum atomic E-state index is 13.2. The number of carbonyl (C=O) groups is 2. The van der Waals surface area contributed by atoms with Crippen molar-refractivity contribution < 1.29 is 24.2 Å². The summed E-state index contributed by atoms with van der Waals surface area (Å²) >= 11 is 0. The molecule has 0 unspecified atom stereocenters. The van der Waals surface area contributed by atoms with Gasteiger partial charge in [0.1, 0.15) is 0 Å². The van der Waals surface area contributed by atoms with Gasteiger partial charge >= 0.3 is 5.97 Å². The Morgan fingerprint density at radius 2 is 1.72 bits per heavy atom. The van der Waals surface area contributed by atoms with E-state index < -0.39 is 5.97 Å². The number of aliphatic imine (C=N–C) groups is 3. The lowest BCUT2D eigenvalue weighted by molar-refractivity contribution is -0.135. The van der Waals surface area contributed by atoms with Crippen LogP contribution in [0.2, 0.25) is 0 Å². The van der Waals surface area contributed by atoms with Crippen LogP contribution in [0.1, 0.15) is 60.8 Å². The topological polar surface area (TPSA) is 122 Å². The van der Waals surface area contributed by atoms with Crippen molar-refractivity contribution in [3.63, 3.8) is 0 Å². The summed E-state index contributed by atoms with van der Waals surface area (Å²) in [5, 5.41) is 13.9. The van der Waals surface area contributed by atoms with E-state index in [9.17, 15) is 14.7 Å². The number of methoxy groups -OCH3 is 1. The van der Waals surface area contributed by atoms with Gasteiger partial charge in [-0.15, -0.1) is 0 Å². The van der Waals surface area contributed by atoms with Gasteiger partial charge in [0, 0.05) is 28.8 Å². The monoisotopic (exact) mass is 582 g/mol. The molecule has 0 amide bonds. The molecule has 0 spiro atoms. The third-order valence-corrected chi connectivity index (χ3v) is 8.98. The van der Waals surface area contributed by atoms with Gasteiger partial charge in [-0.05, 0) is 93.1 Å². The number of aliphatic hydroxyl groups excluding tert-OH is 1. The lowest BCUT2D eigenvalue weighted by Gasteiger charge is -2.18. The van der Waals surface area contributed by atoms with Crippen LogP contribution in [0.15, 0.2) is 107 Å². The van der Waals surface area contributed by atoms with Crippen molar-refractivity contribution in [3.8, 4) is 0 Å². The van der Waals surface area contributed by atoms with Gasteiger partial charge in [0.25, 0.3) is 6.47 Å². The van der Waals surface area contributed by atoms with E-state index in [1.54, 1.807) is 0 Å². The highest BCUT2D eigenvalue weighted by molar-refractivity contribution is 6.30. The molecule has 0 radical (unpaired) electrons. The number of esters is 1. The summed E-state index contributed by atoms with van der Waals surface area (Å²) in [4.78, 5) is 38.9. The fourth-order valence-corrected chi connectivity index (χ4v) is 6.41. The molecule has 8 bridgehead atoms. The van der Waals surface area contributed by atoms with E-state index in [0.29, 0.717) is 47.8 Å². The number of ether oxygens (including phenoxy) is 2. The van der Waals surface area contributed by atoms with E-state index in [-0.39, 0.29) is 11.8 Å². The maximum absolute atomic E-state index is 13.2. The summed E-state index contributed by atoms with van der Waals surface area (Å²) in [7, 11) is 1.38. The highest BCUT2D eigenvalue weighted by Gasteiger charge is 2.38. The van der Waals surface area contributed by atoms with Crippen molar-refractivity contribution >= 4 is 29.6 Å². The van der Waals surface area contributed by atoms with Crippen LogP contribution in [0.4, 0.5) is 0 Å². The van der Waals surface area contributed by atoms with Crippen molar-refractivity contribution in [2.45, 2.75) is 60.8 Å². The van der Waals surface area contributed by atoms with E-state index in [2.05, 4.69) is 19.2 Å². The molecule has 1 saturated heterocycles. The third-order valence-electron chi connectivity index (χ3n) is 8.98. The Kier molecular flexibility index (Phi) is 8.35. The lowest BCUT2D eigenvalue weighted by atomic mass is 9.86. The SMILES string of the molecule is CCC1=C(C)C2=CC3=NC(=C(C)/C3=C\O)C=C3NC(=C(C)C4=NC(=CC1=N2)C(C)=C4C(=O)OC)[C@@H](CCCOC=O)[C@@H]3C. The van der Waals surface area contributed by atoms with Crippen LogP contribution >= 0.6 is 0 Å². The van der Waals surface area contributed by atoms with Crippen molar-refractivity contribution in [1.29, 1.82) is 0 Å². The van der Waals surface area contributed by atoms with Crippen molar-refractivity contribution in [2.24, 2.45) is 26.8 Å². The minimum absolute atomic E-state index is 0.0468. The minimum atomic E-state index is -0.441. The molecule has 0 aromatic rings. The first-order valence-corrected chi connectivity index (χ1v) is 14.7. The van der Waals surface area contributed by atoms with Crippen LogP contribution in [0.5, 0.6) is 0 Å². The normalized spacial score (nSPS) is 24.1. The van der Waals surface area contributed by atoms with Crippen LogP contribution in [-0.4, -0.2) is 48.4 Å². The largest absolute Gasteiger partial charge is 0.515 e. The van der Waals surface area contributed by atoms with Crippen LogP contribution in [0, 0.1) is 11.8 Å². The molecule has 0 aromatic carbocycles. The van der Waals surface area contributed by atoms with Gasteiger partial charge in [-0.3, -0.25) is 4.79 Å². The smallest absolute Gasteiger partial charge is 0.340 e. The Bertz CT molecular complexity index is 1650. The zero-order valence-electron chi connectivity index (χ0n) is 25.8. The fraction of sp³-hybridized carbons (Fsp3) is 0.382. The molecular formula is C34H38N4O5. The molecule has 5 aliphatic heterocycles. The molecule has 5 aliphatic rings. The first-order valence-electron chi connectivity index (χ1n) is 14.7. The van der Waals surface area contributed by atoms with Crippen molar-refractivity contribution in [2.75, 3.05) is 13.7 Å². The average molecular weight is 583 g/mol. The summed E-state index contributed by atoms with van der Waals surface area (Å²) < 4.78 is 10.2. The Balaban J connectivity index is 1.77. The van der Waals surface area contributed by atoms with Gasteiger partial charge in [0.05, 0.1) is 59.8 Å². The number of fused-ring (bicyclic) bond motifs is 5. The molecule has 0 saturated carbocycles. The maximum Gasteiger partial charge on any atom is 0.340 e. The van der Waals surface area contributed by atoms with Gasteiger partial charge < -0.3 is 19.9 Å². The molecule has 5 rings (SSSR count). The molecule has 43 heavy (non-hydrogen) atoms. The highest BCUT2D eigenvalue weighted by atomic mass is 16.5. The van der Waals surface area contributed by atoms with Crippen molar-refractivity contribution in [3.05, 3.63) is 92.0 Å². The van der Waals surface area contributed by atoms with E-state index in [1.165, 1.54) is 7.11 Å². The van der Waals surface area contributed by atoms with Gasteiger partial charge in [-0.25, -0.2) is 19.8 Å². The molecular weight excluding hydrogens is 544 g/mol. The zero-order valence-corrected chi connectivity index (χ0v) is 25.8. The first kappa shape index (κ1) is 29.9. The summed E-state index contributed by atoms with van der Waals surface area (Å²) in [6.07, 6.45) is 9.19. The Morgan fingerprint density at radius 3 is 2.40 bits per heavy atom. The number of nitrogens with one attached hydrogen (secondary N) is 1. The minimum Gasteiger partial charge on any atom is -0.515 e. The van der Waals surface area contributed by atoms with Crippen LogP contribution in [0.25, 0.3) is 0 Å². The second kappa shape index (κ2) is 12.0. The van der Waals surface area contributed by atoms with Gasteiger partial charge in [0.15, 0.2) is 0 Å². The molecule has 9 heteroatoms. The van der Waals surface area contributed by atoms with Crippen LogP contribution < -0.4 is 5.32 Å². The average Bonchev–Trinajstić information content (AvgIpc) is 3.68. The number of rotatable bonds is 7. The summed E-state index contributed by atoms with van der Waals surface area (Å²) in [5.41, 5.74) is 11.8. The van der Waals surface area contributed by atoms with Crippen LogP contribution in [0.3, 0.4) is 0 Å². The van der Waals surface area contributed by atoms with Gasteiger partial charge in [0.2, 0.25) is 0 Å². The standard InChI is InChI=1S/C34H38N4O5/c1-8-22-17(2)26-13-30-24(15-39)19(4)25(36-30)12-27-18(3)23(10-9-11-43-16-40)32(37-27)21(6)33-31(34(41)42-7)20(5)28(38-33)14-29(22)35-26/h12-16,18,23,37,39H,8-11H2,1-7H3/b24-15+,26-13?,27-12?,28-14?,32-21?/t18-,23-/m0/s1. The molecule has 9 nitrogen and oxygen atoms in total. The summed E-state index contributed by atoms with van der Waals surface area (Å²) in [6.45, 7) is 12.9. The van der Waals surface area contributed by atoms with E-state index in [0.717, 1.165) is 75.5 Å². The van der Waals surface area contributed by atoms with Gasteiger partial charge in [-0.2, -0.15) is 0 Å². The summed E-state index contributed by atoms with van der Waals surface area (Å²) in [5.74, 6) is -0.326. The molecule has 1 fully saturated rings. The molecule has 0 aromatic heterocycles. The van der Waals surface area contributed by atoms with E-state index >= 15 is 0 Å². The Morgan fingerprint density at radius 1 is 1.00 bits per heavy atom. The second-order valence-electron chi connectivity index (χ2n) is 11.3. The molecule has 224 valence electrons. The molecule has 2 atom stereocenters. The third kappa shape index (κ3) is 5.17. The fourth-order valence-electron chi connectivity index (χ4n) is 6.41. The van der Waals surface area contributed by atoms with Gasteiger partial charge in [-0.1, -0.05) is 13.8 Å². The summed E-state index contributed by atoms with van der Waals surface area (Å²) in [6, 6.07) is 0.